The highest BCUT2D eigenvalue weighted by molar-refractivity contribution is 5.66. The molecule has 0 aliphatic carbocycles. The van der Waals surface area contributed by atoms with Gasteiger partial charge in [-0.25, -0.2) is 4.98 Å². The fourth-order valence-electron chi connectivity index (χ4n) is 2.86. The molecule has 1 heterocycles. The van der Waals surface area contributed by atoms with Crippen LogP contribution in [0.25, 0.3) is 0 Å². The van der Waals surface area contributed by atoms with Gasteiger partial charge in [-0.15, -0.1) is 0 Å². The van der Waals surface area contributed by atoms with Crippen LogP contribution in [0.15, 0.2) is 84.9 Å². The van der Waals surface area contributed by atoms with Crippen LogP contribution in [0, 0.1) is 18.3 Å². The lowest BCUT2D eigenvalue weighted by Crippen LogP contribution is -2.03. The average Bonchev–Trinajstić information content (AvgIpc) is 2.76. The van der Waals surface area contributed by atoms with Gasteiger partial charge in [0.1, 0.15) is 11.6 Å². The van der Waals surface area contributed by atoms with E-state index >= 15 is 0 Å². The van der Waals surface area contributed by atoms with Gasteiger partial charge >= 0.3 is 0 Å². The van der Waals surface area contributed by atoms with Crippen LogP contribution < -0.4 is 15.4 Å². The van der Waals surface area contributed by atoms with Crippen LogP contribution in [0.4, 0.5) is 23.1 Å². The number of benzene rings is 3. The summed E-state index contributed by atoms with van der Waals surface area (Å²) in [5.74, 6) is 2.56. The molecule has 6 nitrogen and oxygen atoms in total. The minimum Gasteiger partial charge on any atom is -0.455 e. The minimum absolute atomic E-state index is 0.462. The highest BCUT2D eigenvalue weighted by atomic mass is 16.5. The molecule has 0 fully saturated rings. The summed E-state index contributed by atoms with van der Waals surface area (Å²) >= 11 is 0. The third kappa shape index (κ3) is 4.72. The lowest BCUT2D eigenvalue weighted by molar-refractivity contribution is 0.485. The molecular formula is C24H19N5O. The largest absolute Gasteiger partial charge is 0.455 e. The Morgan fingerprint density at radius 3 is 2.33 bits per heavy atom. The third-order valence-electron chi connectivity index (χ3n) is 4.25. The summed E-state index contributed by atoms with van der Waals surface area (Å²) in [5.41, 5.74) is 3.01. The first-order valence-corrected chi connectivity index (χ1v) is 9.41. The highest BCUT2D eigenvalue weighted by Crippen LogP contribution is 2.31. The molecule has 4 rings (SSSR count). The fourth-order valence-corrected chi connectivity index (χ4v) is 2.86. The van der Waals surface area contributed by atoms with Crippen molar-refractivity contribution in [3.8, 4) is 17.6 Å². The number of nitrogens with zero attached hydrogens (tertiary/aromatic N) is 3. The number of aromatic nitrogens is 2. The topological polar surface area (TPSA) is 82.9 Å². The van der Waals surface area contributed by atoms with E-state index in [1.807, 2.05) is 79.7 Å². The van der Waals surface area contributed by atoms with Gasteiger partial charge in [-0.1, -0.05) is 30.3 Å². The predicted molar refractivity (Wildman–Crippen MR) is 117 cm³/mol. The van der Waals surface area contributed by atoms with Gasteiger partial charge in [0.05, 0.1) is 17.3 Å². The van der Waals surface area contributed by atoms with Crippen LogP contribution in [0.5, 0.6) is 11.5 Å². The molecule has 0 aliphatic rings. The van der Waals surface area contributed by atoms with E-state index in [0.29, 0.717) is 23.1 Å². The summed E-state index contributed by atoms with van der Waals surface area (Å²) in [7, 11) is 0. The summed E-state index contributed by atoms with van der Waals surface area (Å²) in [6, 6.07) is 28.4. The molecule has 0 bridgehead atoms. The van der Waals surface area contributed by atoms with E-state index in [1.54, 1.807) is 12.1 Å². The van der Waals surface area contributed by atoms with Crippen molar-refractivity contribution in [1.82, 2.24) is 9.97 Å². The van der Waals surface area contributed by atoms with E-state index in [0.717, 1.165) is 22.8 Å². The third-order valence-corrected chi connectivity index (χ3v) is 4.25. The number of nitrogens with one attached hydrogen (secondary N) is 2. The summed E-state index contributed by atoms with van der Waals surface area (Å²) in [4.78, 5) is 9.01. The van der Waals surface area contributed by atoms with Crippen molar-refractivity contribution in [2.24, 2.45) is 0 Å². The average molecular weight is 393 g/mol. The molecule has 0 unspecified atom stereocenters. The molecular weight excluding hydrogens is 374 g/mol. The molecule has 3 aromatic carbocycles. The Labute approximate surface area is 174 Å². The lowest BCUT2D eigenvalue weighted by Gasteiger charge is -2.14. The van der Waals surface area contributed by atoms with Gasteiger partial charge in [-0.05, 0) is 55.5 Å². The van der Waals surface area contributed by atoms with Gasteiger partial charge in [0.2, 0.25) is 5.95 Å². The molecule has 0 spiro atoms. The first-order valence-electron chi connectivity index (χ1n) is 9.41. The summed E-state index contributed by atoms with van der Waals surface area (Å²) in [6.07, 6.45) is 0. The molecule has 0 aliphatic heterocycles. The van der Waals surface area contributed by atoms with Crippen molar-refractivity contribution in [3.05, 3.63) is 96.2 Å². The first kappa shape index (κ1) is 19.0. The molecule has 30 heavy (non-hydrogen) atoms. The van der Waals surface area contributed by atoms with Gasteiger partial charge in [0.25, 0.3) is 0 Å². The zero-order valence-electron chi connectivity index (χ0n) is 16.3. The summed E-state index contributed by atoms with van der Waals surface area (Å²) < 4.78 is 6.01. The monoisotopic (exact) mass is 393 g/mol. The van der Waals surface area contributed by atoms with Crippen LogP contribution in [0.3, 0.4) is 0 Å². The molecule has 146 valence electrons. The number of hydrogen-bond acceptors (Lipinski definition) is 6. The number of nitriles is 1. The van der Waals surface area contributed by atoms with Crippen molar-refractivity contribution in [3.63, 3.8) is 0 Å². The minimum atomic E-state index is 0.462. The van der Waals surface area contributed by atoms with Crippen LogP contribution >= 0.6 is 0 Å². The van der Waals surface area contributed by atoms with E-state index in [-0.39, 0.29) is 0 Å². The number of anilines is 4. The normalized spacial score (nSPS) is 10.1. The van der Waals surface area contributed by atoms with Crippen LogP contribution in [-0.2, 0) is 0 Å². The SMILES string of the molecule is Cc1cc(Nc2ccccc2Oc2ccccc2)nc(Nc2ccc(C#N)cc2)n1. The zero-order chi connectivity index (χ0) is 20.8. The smallest absolute Gasteiger partial charge is 0.229 e. The molecule has 6 heteroatoms. The fraction of sp³-hybridized carbons (Fsp3) is 0.0417. The van der Waals surface area contributed by atoms with E-state index in [9.17, 15) is 0 Å². The molecule has 4 aromatic rings. The number of aryl methyl sites for hydroxylation is 1. The molecule has 1 aromatic heterocycles. The Hall–Kier alpha value is -4.37. The van der Waals surface area contributed by atoms with Crippen molar-refractivity contribution in [2.45, 2.75) is 6.92 Å². The second-order valence-corrected chi connectivity index (χ2v) is 6.57. The molecule has 0 saturated heterocycles. The lowest BCUT2D eigenvalue weighted by atomic mass is 10.2. The van der Waals surface area contributed by atoms with Crippen molar-refractivity contribution in [2.75, 3.05) is 10.6 Å². The van der Waals surface area contributed by atoms with Crippen molar-refractivity contribution in [1.29, 1.82) is 5.26 Å². The molecule has 2 N–H and O–H groups in total. The quantitative estimate of drug-likeness (QED) is 0.422. The van der Waals surface area contributed by atoms with E-state index in [4.69, 9.17) is 10.00 Å². The van der Waals surface area contributed by atoms with Crippen molar-refractivity contribution >= 4 is 23.1 Å². The number of rotatable bonds is 6. The Kier molecular flexibility index (Phi) is 5.54. The Morgan fingerprint density at radius 1 is 0.833 bits per heavy atom. The Bertz CT molecular complexity index is 1180. The second-order valence-electron chi connectivity index (χ2n) is 6.57. The molecule has 0 saturated carbocycles. The molecule has 0 radical (unpaired) electrons. The van der Waals surface area contributed by atoms with Crippen LogP contribution in [-0.4, -0.2) is 9.97 Å². The molecule has 0 atom stereocenters. The Balaban J connectivity index is 1.56. The zero-order valence-corrected chi connectivity index (χ0v) is 16.3. The number of para-hydroxylation sites is 3. The maximum Gasteiger partial charge on any atom is 0.229 e. The van der Waals surface area contributed by atoms with Gasteiger partial charge in [0.15, 0.2) is 5.75 Å². The van der Waals surface area contributed by atoms with Crippen LogP contribution in [0.1, 0.15) is 11.3 Å². The second kappa shape index (κ2) is 8.76. The molecule has 0 amide bonds. The maximum atomic E-state index is 8.93. The van der Waals surface area contributed by atoms with Gasteiger partial charge < -0.3 is 15.4 Å². The van der Waals surface area contributed by atoms with Gasteiger partial charge in [0, 0.05) is 17.4 Å². The maximum absolute atomic E-state index is 8.93. The predicted octanol–water partition coefficient (Wildman–Crippen LogP) is 5.94. The van der Waals surface area contributed by atoms with E-state index in [1.165, 1.54) is 0 Å². The standard InChI is InChI=1S/C24H19N5O/c1-17-15-23(29-24(26-17)27-19-13-11-18(16-25)12-14-19)28-21-9-5-6-10-22(21)30-20-7-3-2-4-8-20/h2-15H,1H3,(H2,26,27,28,29). The summed E-state index contributed by atoms with van der Waals surface area (Å²) in [5, 5.41) is 15.4. The van der Waals surface area contributed by atoms with E-state index < -0.39 is 0 Å². The number of ether oxygens (including phenoxy) is 1. The van der Waals surface area contributed by atoms with Gasteiger partial charge in [-0.2, -0.15) is 10.2 Å². The Morgan fingerprint density at radius 2 is 1.57 bits per heavy atom. The highest BCUT2D eigenvalue weighted by Gasteiger charge is 2.08. The van der Waals surface area contributed by atoms with Crippen LogP contribution in [0.2, 0.25) is 0 Å². The number of hydrogen-bond donors (Lipinski definition) is 2. The first-order chi connectivity index (χ1) is 14.7. The van der Waals surface area contributed by atoms with Crippen molar-refractivity contribution < 1.29 is 4.74 Å². The van der Waals surface area contributed by atoms with Gasteiger partial charge in [-0.3, -0.25) is 0 Å². The van der Waals surface area contributed by atoms with E-state index in [2.05, 4.69) is 26.7 Å². The summed E-state index contributed by atoms with van der Waals surface area (Å²) in [6.45, 7) is 1.91.